The number of hydrogen-bond acceptors (Lipinski definition) is 10. The molecule has 0 aromatic heterocycles. The number of aliphatic hydroxyl groups excluding tert-OH is 3. The molecule has 0 saturated heterocycles. The van der Waals surface area contributed by atoms with Crippen LogP contribution in [0.15, 0.2) is 40.9 Å². The van der Waals surface area contributed by atoms with E-state index in [1.54, 1.807) is 0 Å². The summed E-state index contributed by atoms with van der Waals surface area (Å²) in [5, 5.41) is 66.5. The molecule has 1 aromatic rings. The average molecular weight is 478 g/mol. The number of carbonyl (C=O) groups is 3. The standard InChI is InChI=1S/C22H24N2O9.H2O/c1-21(32)7-5-4-6-8(25)9(7)15(26)10-12(21)17(28)13-14(24(2)3)16(27)11(20(23)31)19(30)22(13,33)18(10)29;/h4-6,12-14,17,25,27-29,32-33H,1-3H3,(H2,23,31);1H2/t12-,13-,14+,17+,21-,22+;/m1./s1. The predicted molar refractivity (Wildman–Crippen MR) is 115 cm³/mol. The molecule has 0 saturated carbocycles. The fourth-order valence-corrected chi connectivity index (χ4v) is 5.60. The van der Waals surface area contributed by atoms with Gasteiger partial charge in [-0.05, 0) is 32.6 Å². The number of rotatable bonds is 2. The largest absolute Gasteiger partial charge is 0.510 e. The number of amides is 1. The molecule has 1 amide bonds. The molecule has 0 heterocycles. The molecule has 12 heteroatoms. The van der Waals surface area contributed by atoms with Crippen LogP contribution in [0.3, 0.4) is 0 Å². The van der Waals surface area contributed by atoms with E-state index in [2.05, 4.69) is 0 Å². The van der Waals surface area contributed by atoms with Gasteiger partial charge in [0, 0.05) is 0 Å². The smallest absolute Gasteiger partial charge is 0.255 e. The zero-order valence-electron chi connectivity index (χ0n) is 18.5. The zero-order chi connectivity index (χ0) is 24.8. The van der Waals surface area contributed by atoms with Crippen LogP contribution in [0.2, 0.25) is 0 Å². The van der Waals surface area contributed by atoms with Gasteiger partial charge in [0.05, 0.1) is 40.7 Å². The van der Waals surface area contributed by atoms with Gasteiger partial charge >= 0.3 is 0 Å². The minimum Gasteiger partial charge on any atom is -0.510 e. The number of nitrogens with zero attached hydrogens (tertiary/aromatic N) is 1. The van der Waals surface area contributed by atoms with Crippen LogP contribution < -0.4 is 5.73 Å². The first-order valence-corrected chi connectivity index (χ1v) is 10.1. The second-order valence-electron chi connectivity index (χ2n) is 9.06. The number of phenolic OH excluding ortho intramolecular Hbond substituents is 1. The molecule has 0 aliphatic heterocycles. The van der Waals surface area contributed by atoms with E-state index in [1.807, 2.05) is 0 Å². The van der Waals surface area contributed by atoms with Crippen molar-refractivity contribution in [1.29, 1.82) is 0 Å². The lowest BCUT2D eigenvalue weighted by atomic mass is 9.54. The van der Waals surface area contributed by atoms with E-state index in [-0.39, 0.29) is 16.6 Å². The molecular weight excluding hydrogens is 452 g/mol. The number of primary amides is 1. The topological polar surface area (TPSA) is 233 Å². The lowest BCUT2D eigenvalue weighted by Gasteiger charge is -2.55. The van der Waals surface area contributed by atoms with Crippen LogP contribution >= 0.6 is 0 Å². The summed E-state index contributed by atoms with van der Waals surface area (Å²) in [5.41, 5.74) is -1.88. The van der Waals surface area contributed by atoms with Crippen LogP contribution in [0.1, 0.15) is 22.8 Å². The van der Waals surface area contributed by atoms with Gasteiger partial charge in [0.25, 0.3) is 5.91 Å². The number of benzene rings is 1. The number of hydrogen-bond donors (Lipinski definition) is 7. The van der Waals surface area contributed by atoms with Gasteiger partial charge < -0.3 is 41.8 Å². The number of Topliss-reactive ketones (excluding diaryl/α,β-unsaturated/α-hetero) is 2. The monoisotopic (exact) mass is 478 g/mol. The highest BCUT2D eigenvalue weighted by atomic mass is 16.4. The highest BCUT2D eigenvalue weighted by molar-refractivity contribution is 6.25. The Labute approximate surface area is 193 Å². The zero-order valence-corrected chi connectivity index (χ0v) is 18.5. The third-order valence-electron chi connectivity index (χ3n) is 7.04. The Kier molecular flexibility index (Phi) is 5.67. The number of nitrogens with two attached hydrogens (primary N) is 1. The summed E-state index contributed by atoms with van der Waals surface area (Å²) in [5.74, 6) is -9.66. The Morgan fingerprint density at radius 1 is 1.12 bits per heavy atom. The van der Waals surface area contributed by atoms with Crippen molar-refractivity contribution < 1.29 is 50.5 Å². The molecule has 4 rings (SSSR count). The van der Waals surface area contributed by atoms with Gasteiger partial charge in [-0.1, -0.05) is 12.1 Å². The Morgan fingerprint density at radius 3 is 2.24 bits per heavy atom. The molecule has 184 valence electrons. The van der Waals surface area contributed by atoms with E-state index in [9.17, 15) is 45.0 Å². The van der Waals surface area contributed by atoms with Crippen LogP contribution in [0.25, 0.3) is 0 Å². The van der Waals surface area contributed by atoms with Crippen LogP contribution in [-0.4, -0.2) is 90.3 Å². The molecule has 0 bridgehead atoms. The summed E-state index contributed by atoms with van der Waals surface area (Å²) in [6.07, 6.45) is -1.87. The van der Waals surface area contributed by atoms with Gasteiger partial charge in [0.1, 0.15) is 22.8 Å². The highest BCUT2D eigenvalue weighted by Gasteiger charge is 2.69. The van der Waals surface area contributed by atoms with Crippen molar-refractivity contribution in [1.82, 2.24) is 4.90 Å². The van der Waals surface area contributed by atoms with Crippen molar-refractivity contribution >= 4 is 17.5 Å². The lowest BCUT2D eigenvalue weighted by Crippen LogP contribution is -2.70. The Balaban J connectivity index is 0.00000324. The first-order chi connectivity index (χ1) is 15.2. The van der Waals surface area contributed by atoms with E-state index >= 15 is 0 Å². The van der Waals surface area contributed by atoms with Crippen LogP contribution in [0, 0.1) is 11.8 Å². The summed E-state index contributed by atoms with van der Waals surface area (Å²) in [4.78, 5) is 39.8. The summed E-state index contributed by atoms with van der Waals surface area (Å²) in [7, 11) is 2.85. The van der Waals surface area contributed by atoms with E-state index in [4.69, 9.17) is 5.73 Å². The van der Waals surface area contributed by atoms with E-state index < -0.39 is 81.1 Å². The highest BCUT2D eigenvalue weighted by Crippen LogP contribution is 2.56. The SMILES string of the molecule is CN(C)[C@@H]1C(O)=C(C(N)=O)C(=O)[C@@]2(O)C(O)=C3C(=O)c4c(O)cccc4[C@@](C)(O)[C@H]3[C@H](O)[C@@H]12.O. The van der Waals surface area contributed by atoms with Crippen molar-refractivity contribution in [3.8, 4) is 5.75 Å². The summed E-state index contributed by atoms with van der Waals surface area (Å²) < 4.78 is 0. The van der Waals surface area contributed by atoms with Crippen LogP contribution in [-0.2, 0) is 15.2 Å². The van der Waals surface area contributed by atoms with Crippen molar-refractivity contribution in [2.24, 2.45) is 17.6 Å². The number of likely N-dealkylation sites (N-methyl/N-ethyl adjacent to an activating group) is 1. The second kappa shape index (κ2) is 7.61. The van der Waals surface area contributed by atoms with Crippen molar-refractivity contribution in [3.05, 3.63) is 52.0 Å². The molecule has 1 aromatic carbocycles. The predicted octanol–water partition coefficient (Wildman–Crippen LogP) is -2.07. The molecule has 0 radical (unpaired) electrons. The number of aromatic hydroxyl groups is 1. The molecule has 10 N–H and O–H groups in total. The maximum absolute atomic E-state index is 13.3. The summed E-state index contributed by atoms with van der Waals surface area (Å²) in [6.45, 7) is 1.25. The van der Waals surface area contributed by atoms with Crippen molar-refractivity contribution in [2.45, 2.75) is 30.3 Å². The quantitative estimate of drug-likeness (QED) is 0.229. The number of phenols is 1. The minimum atomic E-state index is -3.02. The Morgan fingerprint density at radius 2 is 1.71 bits per heavy atom. The number of fused-ring (bicyclic) bond motifs is 3. The molecule has 3 aliphatic carbocycles. The number of aliphatic hydroxyl groups is 5. The molecule has 3 aliphatic rings. The molecule has 0 fully saturated rings. The average Bonchev–Trinajstić information content (AvgIpc) is 2.70. The molecule has 34 heavy (non-hydrogen) atoms. The van der Waals surface area contributed by atoms with Crippen molar-refractivity contribution in [3.63, 3.8) is 0 Å². The van der Waals surface area contributed by atoms with Gasteiger partial charge in [-0.3, -0.25) is 19.3 Å². The minimum absolute atomic E-state index is 0. The summed E-state index contributed by atoms with van der Waals surface area (Å²) in [6, 6.07) is 2.54. The van der Waals surface area contributed by atoms with Gasteiger partial charge in [-0.15, -0.1) is 0 Å². The molecular formula is C22H26N2O10. The third-order valence-corrected chi connectivity index (χ3v) is 7.04. The molecule has 0 unspecified atom stereocenters. The Bertz CT molecular complexity index is 1180. The summed E-state index contributed by atoms with van der Waals surface area (Å²) >= 11 is 0. The van der Waals surface area contributed by atoms with Crippen LogP contribution in [0.5, 0.6) is 5.75 Å². The second-order valence-corrected chi connectivity index (χ2v) is 9.06. The normalized spacial score (nSPS) is 34.9. The number of carbonyl (C=O) groups excluding carboxylic acids is 3. The fourth-order valence-electron chi connectivity index (χ4n) is 5.60. The number of ketones is 2. The maximum Gasteiger partial charge on any atom is 0.255 e. The van der Waals surface area contributed by atoms with Gasteiger partial charge in [0.2, 0.25) is 5.78 Å². The van der Waals surface area contributed by atoms with Crippen molar-refractivity contribution in [2.75, 3.05) is 14.1 Å². The van der Waals surface area contributed by atoms with Gasteiger partial charge in [-0.25, -0.2) is 0 Å². The fraction of sp³-hybridized carbons (Fsp3) is 0.409. The van der Waals surface area contributed by atoms with Gasteiger partial charge in [0.15, 0.2) is 11.4 Å². The first kappa shape index (κ1) is 25.3. The first-order valence-electron chi connectivity index (χ1n) is 10.1. The maximum atomic E-state index is 13.3. The Hall–Kier alpha value is -3.29. The van der Waals surface area contributed by atoms with Crippen LogP contribution in [0.4, 0.5) is 0 Å². The van der Waals surface area contributed by atoms with E-state index in [0.717, 1.165) is 0 Å². The lowest BCUT2D eigenvalue weighted by molar-refractivity contribution is -0.173. The van der Waals surface area contributed by atoms with E-state index in [1.165, 1.54) is 44.1 Å². The third kappa shape index (κ3) is 2.80. The van der Waals surface area contributed by atoms with Gasteiger partial charge in [-0.2, -0.15) is 0 Å². The molecule has 6 atom stereocenters. The van der Waals surface area contributed by atoms with E-state index in [0.29, 0.717) is 0 Å². The molecule has 12 nitrogen and oxygen atoms in total. The molecule has 0 spiro atoms.